The van der Waals surface area contributed by atoms with Gasteiger partial charge in [0.25, 0.3) is 0 Å². The van der Waals surface area contributed by atoms with E-state index in [1.54, 1.807) is 0 Å². The number of amides is 1. The first-order valence-electron chi connectivity index (χ1n) is 6.17. The first-order chi connectivity index (χ1) is 7.86. The third-order valence-corrected chi connectivity index (χ3v) is 4.55. The smallest absolute Gasteiger partial charge is 0.232 e. The van der Waals surface area contributed by atoms with Crippen LogP contribution in [0.5, 0.6) is 0 Å². The van der Waals surface area contributed by atoms with E-state index < -0.39 is 0 Å². The number of piperidine rings is 1. The molecule has 2 fully saturated rings. The number of carbonyl (C=O) groups excluding carboxylic acids is 1. The summed E-state index contributed by atoms with van der Waals surface area (Å²) >= 11 is 1.85. The Balaban J connectivity index is 1.65. The zero-order valence-electron chi connectivity index (χ0n) is 9.71. The Labute approximate surface area is 102 Å². The standard InChI is InChI=1S/C11H21N3OS/c15-11(14-7-5-13-6-8-14)9-16-10-1-3-12-4-2-10/h10,12-13H,1-9H2. The SMILES string of the molecule is O=C(CSC1CCNCC1)N1CCNCC1. The zero-order valence-corrected chi connectivity index (χ0v) is 10.5. The van der Waals surface area contributed by atoms with Crippen molar-refractivity contribution in [3.05, 3.63) is 0 Å². The maximum absolute atomic E-state index is 11.9. The minimum atomic E-state index is 0.324. The fourth-order valence-corrected chi connectivity index (χ4v) is 3.29. The van der Waals surface area contributed by atoms with Crippen LogP contribution in [0.1, 0.15) is 12.8 Å². The van der Waals surface area contributed by atoms with Crippen LogP contribution < -0.4 is 10.6 Å². The third-order valence-electron chi connectivity index (χ3n) is 3.20. The van der Waals surface area contributed by atoms with Gasteiger partial charge in [-0.3, -0.25) is 4.79 Å². The molecule has 2 rings (SSSR count). The molecule has 2 N–H and O–H groups in total. The fraction of sp³-hybridized carbons (Fsp3) is 0.909. The van der Waals surface area contributed by atoms with Gasteiger partial charge in [0.1, 0.15) is 0 Å². The summed E-state index contributed by atoms with van der Waals surface area (Å²) < 4.78 is 0. The van der Waals surface area contributed by atoms with E-state index in [4.69, 9.17) is 0 Å². The zero-order chi connectivity index (χ0) is 11.2. The Morgan fingerprint density at radius 1 is 1.12 bits per heavy atom. The predicted molar refractivity (Wildman–Crippen MR) is 67.8 cm³/mol. The Hall–Kier alpha value is -0.260. The van der Waals surface area contributed by atoms with Gasteiger partial charge in [-0.15, -0.1) is 11.8 Å². The Kier molecular flexibility index (Phi) is 4.93. The molecule has 0 saturated carbocycles. The highest BCUT2D eigenvalue weighted by Gasteiger charge is 2.19. The number of hydrogen-bond donors (Lipinski definition) is 2. The van der Waals surface area contributed by atoms with Crippen molar-refractivity contribution in [2.24, 2.45) is 0 Å². The second kappa shape index (κ2) is 6.47. The molecule has 16 heavy (non-hydrogen) atoms. The van der Waals surface area contributed by atoms with Gasteiger partial charge in [-0.1, -0.05) is 0 Å². The van der Waals surface area contributed by atoms with Crippen LogP contribution in [0.2, 0.25) is 0 Å². The molecule has 0 aliphatic carbocycles. The maximum atomic E-state index is 11.9. The van der Waals surface area contributed by atoms with Crippen LogP contribution in [0.3, 0.4) is 0 Å². The summed E-state index contributed by atoms with van der Waals surface area (Å²) in [5.41, 5.74) is 0. The van der Waals surface area contributed by atoms with E-state index in [9.17, 15) is 4.79 Å². The Morgan fingerprint density at radius 2 is 1.75 bits per heavy atom. The maximum Gasteiger partial charge on any atom is 0.232 e. The van der Waals surface area contributed by atoms with Gasteiger partial charge in [0.2, 0.25) is 5.91 Å². The molecule has 2 saturated heterocycles. The average molecular weight is 243 g/mol. The minimum Gasteiger partial charge on any atom is -0.339 e. The first-order valence-corrected chi connectivity index (χ1v) is 7.22. The molecular weight excluding hydrogens is 222 g/mol. The molecule has 5 heteroatoms. The summed E-state index contributed by atoms with van der Waals surface area (Å²) in [6.07, 6.45) is 2.42. The normalized spacial score (nSPS) is 23.4. The summed E-state index contributed by atoms with van der Waals surface area (Å²) in [5.74, 6) is 0.995. The molecule has 0 unspecified atom stereocenters. The lowest BCUT2D eigenvalue weighted by Crippen LogP contribution is -2.47. The molecule has 2 aliphatic heterocycles. The molecule has 0 spiro atoms. The molecule has 0 aromatic carbocycles. The molecule has 92 valence electrons. The number of nitrogens with zero attached hydrogens (tertiary/aromatic N) is 1. The van der Waals surface area contributed by atoms with Crippen molar-refractivity contribution < 1.29 is 4.79 Å². The molecule has 0 aromatic rings. The minimum absolute atomic E-state index is 0.324. The van der Waals surface area contributed by atoms with Crippen molar-refractivity contribution in [1.82, 2.24) is 15.5 Å². The number of hydrogen-bond acceptors (Lipinski definition) is 4. The van der Waals surface area contributed by atoms with Crippen LogP contribution in [-0.4, -0.2) is 61.1 Å². The largest absolute Gasteiger partial charge is 0.339 e. The van der Waals surface area contributed by atoms with Gasteiger partial charge < -0.3 is 15.5 Å². The molecule has 2 heterocycles. The molecule has 2 aliphatic rings. The second-order valence-electron chi connectivity index (χ2n) is 4.39. The van der Waals surface area contributed by atoms with E-state index in [0.29, 0.717) is 16.9 Å². The monoisotopic (exact) mass is 243 g/mol. The van der Waals surface area contributed by atoms with E-state index in [1.165, 1.54) is 12.8 Å². The van der Waals surface area contributed by atoms with Crippen LogP contribution in [0.15, 0.2) is 0 Å². The molecule has 4 nitrogen and oxygen atoms in total. The number of carbonyl (C=O) groups is 1. The molecule has 0 atom stereocenters. The quantitative estimate of drug-likeness (QED) is 0.727. The van der Waals surface area contributed by atoms with Crippen LogP contribution in [0.25, 0.3) is 0 Å². The van der Waals surface area contributed by atoms with Crippen LogP contribution in [-0.2, 0) is 4.79 Å². The highest BCUT2D eigenvalue weighted by molar-refractivity contribution is 8.00. The Morgan fingerprint density at radius 3 is 2.44 bits per heavy atom. The van der Waals surface area contributed by atoms with Crippen LogP contribution in [0, 0.1) is 0 Å². The Bertz CT molecular complexity index is 225. The van der Waals surface area contributed by atoms with Crippen molar-refractivity contribution in [2.75, 3.05) is 45.0 Å². The lowest BCUT2D eigenvalue weighted by atomic mass is 10.2. The van der Waals surface area contributed by atoms with Gasteiger partial charge >= 0.3 is 0 Å². The number of rotatable bonds is 3. The number of thioether (sulfide) groups is 1. The van der Waals surface area contributed by atoms with Gasteiger partial charge in [0.15, 0.2) is 0 Å². The van der Waals surface area contributed by atoms with E-state index >= 15 is 0 Å². The van der Waals surface area contributed by atoms with Crippen molar-refractivity contribution in [3.8, 4) is 0 Å². The molecular formula is C11H21N3OS. The highest BCUT2D eigenvalue weighted by atomic mass is 32.2. The summed E-state index contributed by atoms with van der Waals surface area (Å²) in [6.45, 7) is 5.88. The van der Waals surface area contributed by atoms with Gasteiger partial charge in [-0.05, 0) is 25.9 Å². The first kappa shape index (κ1) is 12.2. The molecule has 0 bridgehead atoms. The van der Waals surface area contributed by atoms with Crippen molar-refractivity contribution in [3.63, 3.8) is 0 Å². The third kappa shape index (κ3) is 3.64. The van der Waals surface area contributed by atoms with E-state index in [1.807, 2.05) is 16.7 Å². The van der Waals surface area contributed by atoms with Crippen LogP contribution >= 0.6 is 11.8 Å². The number of piperazine rings is 1. The summed E-state index contributed by atoms with van der Waals surface area (Å²) in [7, 11) is 0. The second-order valence-corrected chi connectivity index (χ2v) is 5.68. The van der Waals surface area contributed by atoms with Gasteiger partial charge in [-0.25, -0.2) is 0 Å². The molecule has 0 radical (unpaired) electrons. The summed E-state index contributed by atoms with van der Waals surface area (Å²) in [6, 6.07) is 0. The lowest BCUT2D eigenvalue weighted by Gasteiger charge is -2.28. The van der Waals surface area contributed by atoms with Gasteiger partial charge in [0.05, 0.1) is 5.75 Å². The van der Waals surface area contributed by atoms with Crippen LogP contribution in [0.4, 0.5) is 0 Å². The predicted octanol–water partition coefficient (Wildman–Crippen LogP) is -0.0966. The lowest BCUT2D eigenvalue weighted by molar-refractivity contribution is -0.128. The van der Waals surface area contributed by atoms with Gasteiger partial charge in [-0.2, -0.15) is 0 Å². The average Bonchev–Trinajstić information content (AvgIpc) is 2.38. The topological polar surface area (TPSA) is 44.4 Å². The van der Waals surface area contributed by atoms with E-state index in [-0.39, 0.29) is 0 Å². The van der Waals surface area contributed by atoms with E-state index in [2.05, 4.69) is 10.6 Å². The van der Waals surface area contributed by atoms with E-state index in [0.717, 1.165) is 39.3 Å². The molecule has 0 aromatic heterocycles. The van der Waals surface area contributed by atoms with Crippen molar-refractivity contribution in [1.29, 1.82) is 0 Å². The fourth-order valence-electron chi connectivity index (χ4n) is 2.16. The highest BCUT2D eigenvalue weighted by Crippen LogP contribution is 2.20. The number of nitrogens with one attached hydrogen (secondary N) is 2. The van der Waals surface area contributed by atoms with Crippen molar-refractivity contribution in [2.45, 2.75) is 18.1 Å². The molecule has 1 amide bonds. The van der Waals surface area contributed by atoms with Crippen molar-refractivity contribution >= 4 is 17.7 Å². The summed E-state index contributed by atoms with van der Waals surface area (Å²) in [4.78, 5) is 13.9. The van der Waals surface area contributed by atoms with Gasteiger partial charge in [0, 0.05) is 31.4 Å². The summed E-state index contributed by atoms with van der Waals surface area (Å²) in [5, 5.41) is 7.30.